The maximum Gasteiger partial charge on any atom is 0.171 e. The predicted octanol–water partition coefficient (Wildman–Crippen LogP) is 3.14. The van der Waals surface area contributed by atoms with Gasteiger partial charge in [-0.05, 0) is 49.9 Å². The third-order valence-electron chi connectivity index (χ3n) is 4.61. The van der Waals surface area contributed by atoms with Gasteiger partial charge in [-0.1, -0.05) is 12.1 Å². The fourth-order valence-electron chi connectivity index (χ4n) is 2.93. The van der Waals surface area contributed by atoms with Crippen LogP contribution in [-0.2, 0) is 21.3 Å². The summed E-state index contributed by atoms with van der Waals surface area (Å²) in [4.78, 5) is 0. The smallest absolute Gasteiger partial charge is 0.171 e. The molecule has 1 atom stereocenters. The Balaban J connectivity index is 1.75. The molecule has 0 aliphatic carbocycles. The van der Waals surface area contributed by atoms with Crippen molar-refractivity contribution in [3.63, 3.8) is 0 Å². The minimum absolute atomic E-state index is 0.205. The van der Waals surface area contributed by atoms with Crippen molar-refractivity contribution in [2.24, 2.45) is 0 Å². The zero-order chi connectivity index (χ0) is 18.5. The van der Waals surface area contributed by atoms with Crippen LogP contribution < -0.4 is 5.32 Å². The lowest BCUT2D eigenvalue weighted by atomic mass is 10.1. The number of ether oxygens (including phenoxy) is 1. The number of nitrogens with one attached hydrogen (secondary N) is 1. The number of anilines is 2. The summed E-state index contributed by atoms with van der Waals surface area (Å²) >= 11 is 0. The van der Waals surface area contributed by atoms with Crippen LogP contribution in [0.1, 0.15) is 35.2 Å². The normalized spacial score (nSPS) is 16.0. The lowest BCUT2D eigenvalue weighted by Crippen LogP contribution is -2.25. The molecular formula is C19H22N4O2S. The highest BCUT2D eigenvalue weighted by Crippen LogP contribution is 2.23. The number of hydrogen-bond donors (Lipinski definition) is 1. The maximum atomic E-state index is 12.6. The molecule has 1 N–H and O–H groups in total. The van der Waals surface area contributed by atoms with E-state index in [2.05, 4.69) is 21.6 Å². The van der Waals surface area contributed by atoms with Crippen LogP contribution in [0.2, 0.25) is 0 Å². The second-order valence-electron chi connectivity index (χ2n) is 6.41. The summed E-state index contributed by atoms with van der Waals surface area (Å²) in [6.07, 6.45) is 1.71. The van der Waals surface area contributed by atoms with E-state index in [0.717, 1.165) is 35.3 Å². The van der Waals surface area contributed by atoms with Crippen LogP contribution in [0.3, 0.4) is 0 Å². The largest absolute Gasteiger partial charge is 0.381 e. The molecule has 26 heavy (non-hydrogen) atoms. The SMILES string of the molecule is Cc1nnc(Nc2cccc(CS(=O)C3CCOCC3)c2)c(C#N)c1C. The van der Waals surface area contributed by atoms with Gasteiger partial charge in [-0.15, -0.1) is 5.10 Å². The van der Waals surface area contributed by atoms with Gasteiger partial charge < -0.3 is 10.1 Å². The Morgan fingerprint density at radius 2 is 2.08 bits per heavy atom. The van der Waals surface area contributed by atoms with Gasteiger partial charge in [-0.25, -0.2) is 0 Å². The van der Waals surface area contributed by atoms with E-state index >= 15 is 0 Å². The molecule has 1 unspecified atom stereocenters. The van der Waals surface area contributed by atoms with E-state index in [1.54, 1.807) is 0 Å². The van der Waals surface area contributed by atoms with E-state index in [1.807, 2.05) is 38.1 Å². The first kappa shape index (κ1) is 18.5. The third-order valence-corrected chi connectivity index (χ3v) is 6.44. The standard InChI is InChI=1S/C19H22N4O2S/c1-13-14(2)22-23-19(18(13)11-20)21-16-5-3-4-15(10-16)12-26(24)17-6-8-25-9-7-17/h3-5,10,17H,6-9,12H2,1-2H3,(H,21,23). The van der Waals surface area contributed by atoms with Gasteiger partial charge in [0.15, 0.2) is 5.82 Å². The zero-order valence-corrected chi connectivity index (χ0v) is 15.8. The monoisotopic (exact) mass is 370 g/mol. The quantitative estimate of drug-likeness (QED) is 0.870. The summed E-state index contributed by atoms with van der Waals surface area (Å²) in [5.74, 6) is 0.961. The van der Waals surface area contributed by atoms with Gasteiger partial charge in [0.2, 0.25) is 0 Å². The molecule has 136 valence electrons. The van der Waals surface area contributed by atoms with Crippen molar-refractivity contribution < 1.29 is 8.95 Å². The fourth-order valence-corrected chi connectivity index (χ4v) is 4.39. The molecular weight excluding hydrogens is 348 g/mol. The molecule has 0 amide bonds. The minimum atomic E-state index is -0.913. The molecule has 1 saturated heterocycles. The van der Waals surface area contributed by atoms with E-state index < -0.39 is 10.8 Å². The second kappa shape index (κ2) is 8.39. The average molecular weight is 370 g/mol. The summed E-state index contributed by atoms with van der Waals surface area (Å²) in [6.45, 7) is 5.08. The number of benzene rings is 1. The minimum Gasteiger partial charge on any atom is -0.381 e. The number of nitriles is 1. The van der Waals surface area contributed by atoms with Gasteiger partial charge >= 0.3 is 0 Å². The van der Waals surface area contributed by atoms with Crippen molar-refractivity contribution in [2.45, 2.75) is 37.7 Å². The molecule has 1 aromatic heterocycles. The number of rotatable bonds is 5. The summed E-state index contributed by atoms with van der Waals surface area (Å²) < 4.78 is 17.9. The van der Waals surface area contributed by atoms with Gasteiger partial charge in [0, 0.05) is 40.7 Å². The van der Waals surface area contributed by atoms with Crippen LogP contribution in [0.4, 0.5) is 11.5 Å². The molecule has 1 aliphatic rings. The Hall–Kier alpha value is -2.30. The van der Waals surface area contributed by atoms with Crippen molar-refractivity contribution in [3.8, 4) is 6.07 Å². The Morgan fingerprint density at radius 3 is 2.81 bits per heavy atom. The molecule has 0 bridgehead atoms. The van der Waals surface area contributed by atoms with Crippen molar-refractivity contribution in [3.05, 3.63) is 46.6 Å². The van der Waals surface area contributed by atoms with Crippen LogP contribution >= 0.6 is 0 Å². The van der Waals surface area contributed by atoms with Gasteiger partial charge in [0.05, 0.1) is 5.69 Å². The topological polar surface area (TPSA) is 87.9 Å². The van der Waals surface area contributed by atoms with Crippen molar-refractivity contribution in [1.82, 2.24) is 10.2 Å². The van der Waals surface area contributed by atoms with Crippen LogP contribution in [0.5, 0.6) is 0 Å². The molecule has 1 fully saturated rings. The molecule has 6 nitrogen and oxygen atoms in total. The Morgan fingerprint density at radius 1 is 1.31 bits per heavy atom. The number of aromatic nitrogens is 2. The van der Waals surface area contributed by atoms with Crippen LogP contribution in [-0.4, -0.2) is 32.9 Å². The molecule has 1 aromatic carbocycles. The predicted molar refractivity (Wildman–Crippen MR) is 102 cm³/mol. The highest BCUT2D eigenvalue weighted by Gasteiger charge is 2.20. The van der Waals surface area contributed by atoms with Gasteiger partial charge in [0.1, 0.15) is 11.6 Å². The molecule has 2 heterocycles. The molecule has 1 aliphatic heterocycles. The second-order valence-corrected chi connectivity index (χ2v) is 8.12. The first-order valence-electron chi connectivity index (χ1n) is 8.63. The summed E-state index contributed by atoms with van der Waals surface area (Å²) in [5, 5.41) is 21.0. The van der Waals surface area contributed by atoms with Crippen molar-refractivity contribution >= 4 is 22.3 Å². The lowest BCUT2D eigenvalue weighted by Gasteiger charge is -2.21. The van der Waals surface area contributed by atoms with Crippen LogP contribution in [0.25, 0.3) is 0 Å². The van der Waals surface area contributed by atoms with E-state index in [-0.39, 0.29) is 5.25 Å². The van der Waals surface area contributed by atoms with Gasteiger partial charge in [0.25, 0.3) is 0 Å². The van der Waals surface area contributed by atoms with Crippen LogP contribution in [0.15, 0.2) is 24.3 Å². The Bertz CT molecular complexity index is 857. The highest BCUT2D eigenvalue weighted by molar-refractivity contribution is 7.84. The van der Waals surface area contributed by atoms with E-state index in [9.17, 15) is 9.47 Å². The van der Waals surface area contributed by atoms with E-state index in [4.69, 9.17) is 4.74 Å². The first-order chi connectivity index (χ1) is 12.6. The molecule has 0 saturated carbocycles. The van der Waals surface area contributed by atoms with Crippen molar-refractivity contribution in [2.75, 3.05) is 18.5 Å². The molecule has 0 radical (unpaired) electrons. The number of aryl methyl sites for hydroxylation is 1. The number of hydrogen-bond acceptors (Lipinski definition) is 6. The average Bonchev–Trinajstić information content (AvgIpc) is 2.66. The fraction of sp³-hybridized carbons (Fsp3) is 0.421. The highest BCUT2D eigenvalue weighted by atomic mass is 32.2. The third kappa shape index (κ3) is 4.26. The lowest BCUT2D eigenvalue weighted by molar-refractivity contribution is 0.0992. The van der Waals surface area contributed by atoms with Crippen molar-refractivity contribution in [1.29, 1.82) is 5.26 Å². The summed E-state index contributed by atoms with van der Waals surface area (Å²) in [5.41, 5.74) is 3.86. The van der Waals surface area contributed by atoms with Gasteiger partial charge in [-0.2, -0.15) is 10.4 Å². The first-order valence-corrected chi connectivity index (χ1v) is 10.0. The Labute approximate surface area is 156 Å². The van der Waals surface area contributed by atoms with E-state index in [1.165, 1.54) is 0 Å². The molecule has 2 aromatic rings. The maximum absolute atomic E-state index is 12.6. The zero-order valence-electron chi connectivity index (χ0n) is 15.0. The summed E-state index contributed by atoms with van der Waals surface area (Å²) in [6, 6.07) is 9.93. The van der Waals surface area contributed by atoms with E-state index in [0.29, 0.717) is 30.3 Å². The Kier molecular flexibility index (Phi) is 5.96. The summed E-state index contributed by atoms with van der Waals surface area (Å²) in [7, 11) is -0.913. The molecule has 3 rings (SSSR count). The van der Waals surface area contributed by atoms with Crippen LogP contribution in [0, 0.1) is 25.2 Å². The molecule has 0 spiro atoms. The molecule has 7 heteroatoms. The van der Waals surface area contributed by atoms with Gasteiger partial charge in [-0.3, -0.25) is 4.21 Å². The number of nitrogens with zero attached hydrogens (tertiary/aromatic N) is 3.